The van der Waals surface area contributed by atoms with Gasteiger partial charge in [0.2, 0.25) is 0 Å². The highest BCUT2D eigenvalue weighted by Crippen LogP contribution is 2.16. The van der Waals surface area contributed by atoms with Crippen LogP contribution >= 0.6 is 0 Å². The monoisotopic (exact) mass is 248 g/mol. The summed E-state index contributed by atoms with van der Waals surface area (Å²) in [6, 6.07) is 9.11. The lowest BCUT2D eigenvalue weighted by molar-refractivity contribution is 0.165. The Bertz CT molecular complexity index is 361. The lowest BCUT2D eigenvalue weighted by atomic mass is 10.1. The largest absolute Gasteiger partial charge is 0.491 e. The van der Waals surface area contributed by atoms with Crippen LogP contribution in [-0.4, -0.2) is 36.7 Å². The normalized spacial score (nSPS) is 21.2. The number of hydrogen-bond acceptors (Lipinski definition) is 3. The van der Waals surface area contributed by atoms with Gasteiger partial charge >= 0.3 is 0 Å². The van der Waals surface area contributed by atoms with Gasteiger partial charge in [0.25, 0.3) is 0 Å². The quantitative estimate of drug-likeness (QED) is 0.884. The van der Waals surface area contributed by atoms with Crippen LogP contribution in [0.4, 0.5) is 0 Å². The highest BCUT2D eigenvalue weighted by molar-refractivity contribution is 5.27. The number of benzene rings is 1. The molecule has 1 N–H and O–H groups in total. The zero-order valence-electron chi connectivity index (χ0n) is 11.6. The van der Waals surface area contributed by atoms with Gasteiger partial charge in [-0.1, -0.05) is 12.1 Å². The minimum Gasteiger partial charge on any atom is -0.491 e. The first-order chi connectivity index (χ1) is 8.65. The molecule has 0 saturated carbocycles. The van der Waals surface area contributed by atoms with E-state index >= 15 is 0 Å². The second-order valence-electron chi connectivity index (χ2n) is 5.33. The fraction of sp³-hybridized carbons (Fsp3) is 0.600. The summed E-state index contributed by atoms with van der Waals surface area (Å²) in [6.45, 7) is 10.7. The Morgan fingerprint density at radius 2 is 2.06 bits per heavy atom. The smallest absolute Gasteiger partial charge is 0.119 e. The van der Waals surface area contributed by atoms with Gasteiger partial charge in [0.05, 0.1) is 6.10 Å². The van der Waals surface area contributed by atoms with Gasteiger partial charge < -0.3 is 10.1 Å². The standard InChI is InChI=1S/C15H24N2O/c1-12(2)18-15-6-4-14(5-7-15)11-17-9-8-16-10-13(17)3/h4-7,12-13,16H,8-11H2,1-3H3/t13-/m1/s1. The van der Waals surface area contributed by atoms with Gasteiger partial charge in [-0.2, -0.15) is 0 Å². The van der Waals surface area contributed by atoms with Crippen molar-refractivity contribution in [2.75, 3.05) is 19.6 Å². The molecule has 2 rings (SSSR count). The average molecular weight is 248 g/mol. The molecule has 1 aromatic rings. The molecule has 0 spiro atoms. The van der Waals surface area contributed by atoms with Gasteiger partial charge in [0, 0.05) is 32.2 Å². The maximum Gasteiger partial charge on any atom is 0.119 e. The van der Waals surface area contributed by atoms with Crippen LogP contribution in [0.2, 0.25) is 0 Å². The number of nitrogens with one attached hydrogen (secondary N) is 1. The van der Waals surface area contributed by atoms with Crippen molar-refractivity contribution < 1.29 is 4.74 Å². The molecule has 100 valence electrons. The number of ether oxygens (including phenoxy) is 1. The van der Waals surface area contributed by atoms with Crippen LogP contribution in [0.3, 0.4) is 0 Å². The van der Waals surface area contributed by atoms with E-state index in [0.717, 1.165) is 31.9 Å². The van der Waals surface area contributed by atoms with E-state index in [1.54, 1.807) is 0 Å². The molecule has 3 nitrogen and oxygen atoms in total. The average Bonchev–Trinajstić information content (AvgIpc) is 2.34. The van der Waals surface area contributed by atoms with Crippen LogP contribution < -0.4 is 10.1 Å². The van der Waals surface area contributed by atoms with E-state index in [4.69, 9.17) is 4.74 Å². The van der Waals surface area contributed by atoms with E-state index in [0.29, 0.717) is 6.04 Å². The molecule has 0 radical (unpaired) electrons. The van der Waals surface area contributed by atoms with E-state index in [-0.39, 0.29) is 6.10 Å². The van der Waals surface area contributed by atoms with Crippen molar-refractivity contribution in [1.82, 2.24) is 10.2 Å². The van der Waals surface area contributed by atoms with Crippen molar-refractivity contribution in [3.05, 3.63) is 29.8 Å². The van der Waals surface area contributed by atoms with E-state index in [1.165, 1.54) is 5.56 Å². The molecule has 18 heavy (non-hydrogen) atoms. The number of rotatable bonds is 4. The van der Waals surface area contributed by atoms with Gasteiger partial charge in [-0.15, -0.1) is 0 Å². The Labute approximate surface area is 110 Å². The highest BCUT2D eigenvalue weighted by Gasteiger charge is 2.17. The van der Waals surface area contributed by atoms with E-state index in [9.17, 15) is 0 Å². The first kappa shape index (κ1) is 13.4. The Hall–Kier alpha value is -1.06. The van der Waals surface area contributed by atoms with Crippen molar-refractivity contribution in [3.8, 4) is 5.75 Å². The summed E-state index contributed by atoms with van der Waals surface area (Å²) < 4.78 is 5.66. The van der Waals surface area contributed by atoms with Gasteiger partial charge in [0.15, 0.2) is 0 Å². The van der Waals surface area contributed by atoms with Crippen LogP contribution in [-0.2, 0) is 6.54 Å². The molecule has 1 aromatic carbocycles. The Balaban J connectivity index is 1.93. The summed E-state index contributed by atoms with van der Waals surface area (Å²) in [7, 11) is 0. The summed E-state index contributed by atoms with van der Waals surface area (Å²) in [6.07, 6.45) is 0.240. The molecule has 0 aliphatic carbocycles. The third-order valence-corrected chi connectivity index (χ3v) is 3.32. The summed E-state index contributed by atoms with van der Waals surface area (Å²) >= 11 is 0. The molecule has 0 amide bonds. The summed E-state index contributed by atoms with van der Waals surface area (Å²) in [5.74, 6) is 0.960. The molecule has 0 bridgehead atoms. The minimum absolute atomic E-state index is 0.240. The Kier molecular flexibility index (Phi) is 4.61. The number of nitrogens with zero attached hydrogens (tertiary/aromatic N) is 1. The first-order valence-corrected chi connectivity index (χ1v) is 6.85. The van der Waals surface area contributed by atoms with Crippen LogP contribution in [0.1, 0.15) is 26.3 Å². The molecule has 1 heterocycles. The predicted octanol–water partition coefficient (Wildman–Crippen LogP) is 2.27. The third kappa shape index (κ3) is 3.72. The van der Waals surface area contributed by atoms with E-state index in [1.807, 2.05) is 0 Å². The van der Waals surface area contributed by atoms with Gasteiger partial charge in [-0.25, -0.2) is 0 Å². The molecule has 0 aromatic heterocycles. The fourth-order valence-corrected chi connectivity index (χ4v) is 2.30. The van der Waals surface area contributed by atoms with Crippen molar-refractivity contribution in [2.24, 2.45) is 0 Å². The van der Waals surface area contributed by atoms with Crippen molar-refractivity contribution in [1.29, 1.82) is 0 Å². The molecule has 1 atom stereocenters. The zero-order chi connectivity index (χ0) is 13.0. The molecular weight excluding hydrogens is 224 g/mol. The summed E-state index contributed by atoms with van der Waals surface area (Å²) in [5.41, 5.74) is 1.36. The molecule has 1 aliphatic heterocycles. The lowest BCUT2D eigenvalue weighted by Gasteiger charge is -2.33. The molecule has 1 fully saturated rings. The van der Waals surface area contributed by atoms with Crippen molar-refractivity contribution >= 4 is 0 Å². The fourth-order valence-electron chi connectivity index (χ4n) is 2.30. The van der Waals surface area contributed by atoms with E-state index < -0.39 is 0 Å². The molecule has 1 aliphatic rings. The van der Waals surface area contributed by atoms with Crippen LogP contribution in [0, 0.1) is 0 Å². The first-order valence-electron chi connectivity index (χ1n) is 6.85. The Morgan fingerprint density at radius 1 is 1.33 bits per heavy atom. The number of hydrogen-bond donors (Lipinski definition) is 1. The maximum atomic E-state index is 5.66. The van der Waals surface area contributed by atoms with Crippen LogP contribution in [0.5, 0.6) is 5.75 Å². The summed E-state index contributed by atoms with van der Waals surface area (Å²) in [4.78, 5) is 2.52. The van der Waals surface area contributed by atoms with Gasteiger partial charge in [-0.05, 0) is 38.5 Å². The van der Waals surface area contributed by atoms with Crippen LogP contribution in [0.25, 0.3) is 0 Å². The maximum absolute atomic E-state index is 5.66. The second-order valence-corrected chi connectivity index (χ2v) is 5.33. The van der Waals surface area contributed by atoms with E-state index in [2.05, 4.69) is 55.3 Å². The minimum atomic E-state index is 0.240. The highest BCUT2D eigenvalue weighted by atomic mass is 16.5. The molecule has 0 unspecified atom stereocenters. The summed E-state index contributed by atoms with van der Waals surface area (Å²) in [5, 5.41) is 3.42. The number of piperazine rings is 1. The Morgan fingerprint density at radius 3 is 2.67 bits per heavy atom. The van der Waals surface area contributed by atoms with Gasteiger partial charge in [0.1, 0.15) is 5.75 Å². The van der Waals surface area contributed by atoms with Crippen molar-refractivity contribution in [3.63, 3.8) is 0 Å². The SMILES string of the molecule is CC(C)Oc1ccc(CN2CCNC[C@H]2C)cc1. The predicted molar refractivity (Wildman–Crippen MR) is 74.9 cm³/mol. The van der Waals surface area contributed by atoms with Gasteiger partial charge in [-0.3, -0.25) is 4.90 Å². The zero-order valence-corrected chi connectivity index (χ0v) is 11.6. The molecule has 3 heteroatoms. The third-order valence-electron chi connectivity index (χ3n) is 3.32. The second kappa shape index (κ2) is 6.21. The topological polar surface area (TPSA) is 24.5 Å². The molecular formula is C15H24N2O. The van der Waals surface area contributed by atoms with Crippen LogP contribution in [0.15, 0.2) is 24.3 Å². The molecule has 1 saturated heterocycles. The lowest BCUT2D eigenvalue weighted by Crippen LogP contribution is -2.49. The van der Waals surface area contributed by atoms with Crippen molar-refractivity contribution in [2.45, 2.75) is 39.5 Å².